The summed E-state index contributed by atoms with van der Waals surface area (Å²) < 4.78 is 11.2. The third-order valence-electron chi connectivity index (χ3n) is 6.72. The topological polar surface area (TPSA) is 193 Å². The molecule has 0 aromatic carbocycles. The molecule has 12 nitrogen and oxygen atoms in total. The number of aromatic carboxylic acids is 2. The van der Waals surface area contributed by atoms with E-state index in [-0.39, 0.29) is 11.1 Å². The molecule has 2 heterocycles. The normalized spacial score (nSPS) is 15.3. The fraction of sp³-hybridized carbons (Fsp3) is 0.467. The minimum Gasteiger partial charge on any atom is -0.478 e. The number of rotatable bonds is 10. The molecule has 0 atom stereocenters. The largest absolute Gasteiger partial charge is 0.478 e. The van der Waals surface area contributed by atoms with Gasteiger partial charge in [0.15, 0.2) is 0 Å². The van der Waals surface area contributed by atoms with Crippen LogP contribution in [0, 0.1) is 11.8 Å². The summed E-state index contributed by atoms with van der Waals surface area (Å²) in [5, 5.41) is 33.1. The minimum atomic E-state index is -1.26. The zero-order valence-corrected chi connectivity index (χ0v) is 23.4. The monoisotopic (exact) mass is 586 g/mol. The van der Waals surface area contributed by atoms with Crippen molar-refractivity contribution in [1.29, 1.82) is 0 Å². The van der Waals surface area contributed by atoms with Gasteiger partial charge in [0.25, 0.3) is 0 Å². The number of carboxylic acids is 4. The summed E-state index contributed by atoms with van der Waals surface area (Å²) in [4.78, 5) is 48.3. The van der Waals surface area contributed by atoms with Crippen LogP contribution < -0.4 is 9.47 Å². The zero-order valence-electron chi connectivity index (χ0n) is 23.4. The van der Waals surface area contributed by atoms with E-state index >= 15 is 0 Å². The Kier molecular flexibility index (Phi) is 15.1. The van der Waals surface area contributed by atoms with E-state index in [1.807, 2.05) is 0 Å². The van der Waals surface area contributed by atoms with Gasteiger partial charge in [0.1, 0.15) is 0 Å². The SMILES string of the molecule is O=C(O)/C=C/C(=O)O.O=C(O)c1ccc(OCC2CCCCC2)nc1.O=C(O)c1ccc(OCC2CCCCC2)nc1. The molecule has 0 spiro atoms. The molecule has 228 valence electrons. The molecule has 0 aliphatic heterocycles. The Bertz CT molecular complexity index is 1060. The third-order valence-corrected chi connectivity index (χ3v) is 6.72. The molecule has 0 unspecified atom stereocenters. The van der Waals surface area contributed by atoms with Crippen LogP contribution in [0.5, 0.6) is 11.8 Å². The highest BCUT2D eigenvalue weighted by molar-refractivity contribution is 5.89. The highest BCUT2D eigenvalue weighted by Gasteiger charge is 2.15. The Morgan fingerprint density at radius 2 is 0.976 bits per heavy atom. The molecule has 2 aromatic heterocycles. The molecule has 2 aliphatic carbocycles. The zero-order chi connectivity index (χ0) is 30.7. The number of pyridine rings is 2. The molecule has 2 fully saturated rings. The van der Waals surface area contributed by atoms with Crippen LogP contribution in [-0.2, 0) is 9.59 Å². The second-order valence-electron chi connectivity index (χ2n) is 10.0. The maximum absolute atomic E-state index is 10.6. The van der Waals surface area contributed by atoms with E-state index in [2.05, 4.69) is 9.97 Å². The van der Waals surface area contributed by atoms with E-state index in [0.717, 1.165) is 0 Å². The average molecular weight is 587 g/mol. The van der Waals surface area contributed by atoms with Gasteiger partial charge in [-0.05, 0) is 49.7 Å². The second kappa shape index (κ2) is 18.8. The summed E-state index contributed by atoms with van der Waals surface area (Å²) in [5.74, 6) is -2.15. The lowest BCUT2D eigenvalue weighted by atomic mass is 9.90. The van der Waals surface area contributed by atoms with Crippen molar-refractivity contribution in [2.24, 2.45) is 11.8 Å². The van der Waals surface area contributed by atoms with E-state index in [1.54, 1.807) is 12.1 Å². The molecule has 0 amide bonds. The van der Waals surface area contributed by atoms with Gasteiger partial charge in [-0.25, -0.2) is 29.1 Å². The van der Waals surface area contributed by atoms with Gasteiger partial charge in [-0.15, -0.1) is 0 Å². The lowest BCUT2D eigenvalue weighted by Crippen LogP contribution is -2.15. The van der Waals surface area contributed by atoms with Gasteiger partial charge in [-0.1, -0.05) is 38.5 Å². The molecule has 0 radical (unpaired) electrons. The summed E-state index contributed by atoms with van der Waals surface area (Å²) in [6.07, 6.45) is 16.5. The van der Waals surface area contributed by atoms with Crippen molar-refractivity contribution < 1.29 is 49.1 Å². The van der Waals surface area contributed by atoms with Gasteiger partial charge in [0.2, 0.25) is 11.8 Å². The van der Waals surface area contributed by atoms with E-state index in [4.69, 9.17) is 29.9 Å². The smallest absolute Gasteiger partial charge is 0.337 e. The number of hydrogen-bond donors (Lipinski definition) is 4. The van der Waals surface area contributed by atoms with Gasteiger partial charge in [0, 0.05) is 36.7 Å². The fourth-order valence-corrected chi connectivity index (χ4v) is 4.44. The van der Waals surface area contributed by atoms with Crippen LogP contribution in [0.15, 0.2) is 48.8 Å². The lowest BCUT2D eigenvalue weighted by Gasteiger charge is -2.21. The van der Waals surface area contributed by atoms with Crippen LogP contribution in [0.4, 0.5) is 0 Å². The van der Waals surface area contributed by atoms with E-state index in [0.29, 0.717) is 49.0 Å². The summed E-state index contributed by atoms with van der Waals surface area (Å²) in [6.45, 7) is 1.39. The fourth-order valence-electron chi connectivity index (χ4n) is 4.44. The molecular weight excluding hydrogens is 548 g/mol. The predicted molar refractivity (Wildman–Crippen MR) is 151 cm³/mol. The first-order valence-electron chi connectivity index (χ1n) is 13.9. The van der Waals surface area contributed by atoms with Crippen LogP contribution in [0.2, 0.25) is 0 Å². The number of nitrogens with zero attached hydrogens (tertiary/aromatic N) is 2. The Balaban J connectivity index is 0.000000236. The van der Waals surface area contributed by atoms with Crippen molar-refractivity contribution >= 4 is 23.9 Å². The summed E-state index contributed by atoms with van der Waals surface area (Å²) >= 11 is 0. The molecule has 2 aromatic rings. The average Bonchev–Trinajstić information content (AvgIpc) is 3.00. The summed E-state index contributed by atoms with van der Waals surface area (Å²) in [5.41, 5.74) is 0.380. The van der Waals surface area contributed by atoms with Crippen molar-refractivity contribution in [2.75, 3.05) is 13.2 Å². The van der Waals surface area contributed by atoms with Crippen LogP contribution in [0.25, 0.3) is 0 Å². The first kappa shape index (κ1) is 33.7. The molecule has 42 heavy (non-hydrogen) atoms. The van der Waals surface area contributed by atoms with E-state index < -0.39 is 23.9 Å². The molecule has 2 saturated carbocycles. The maximum Gasteiger partial charge on any atom is 0.337 e. The second-order valence-corrected chi connectivity index (χ2v) is 10.0. The van der Waals surface area contributed by atoms with Crippen molar-refractivity contribution in [3.8, 4) is 11.8 Å². The molecular formula is C30H38N2O10. The van der Waals surface area contributed by atoms with E-state index in [1.165, 1.54) is 88.7 Å². The molecule has 12 heteroatoms. The Morgan fingerprint density at radius 3 is 1.24 bits per heavy atom. The number of hydrogen-bond acceptors (Lipinski definition) is 8. The highest BCUT2D eigenvalue weighted by atomic mass is 16.5. The summed E-state index contributed by atoms with van der Waals surface area (Å²) in [6, 6.07) is 6.27. The van der Waals surface area contributed by atoms with Crippen LogP contribution in [-0.4, -0.2) is 67.5 Å². The first-order valence-corrected chi connectivity index (χ1v) is 13.9. The highest BCUT2D eigenvalue weighted by Crippen LogP contribution is 2.25. The van der Waals surface area contributed by atoms with Crippen molar-refractivity contribution in [2.45, 2.75) is 64.2 Å². The van der Waals surface area contributed by atoms with Crippen LogP contribution >= 0.6 is 0 Å². The Morgan fingerprint density at radius 1 is 0.619 bits per heavy atom. The molecule has 0 bridgehead atoms. The molecule has 2 aliphatic rings. The number of ether oxygens (including phenoxy) is 2. The van der Waals surface area contributed by atoms with Crippen LogP contribution in [0.3, 0.4) is 0 Å². The standard InChI is InChI=1S/2C13H17NO3.C4H4O4/c2*15-13(16)11-6-7-12(14-8-11)17-9-10-4-2-1-3-5-10;5-3(6)1-2-4(7)8/h2*6-8,10H,1-5,9H2,(H,15,16);1-2H,(H,5,6)(H,7,8)/b;;2-1+. The van der Waals surface area contributed by atoms with Gasteiger partial charge in [0.05, 0.1) is 24.3 Å². The quantitative estimate of drug-likeness (QED) is 0.267. The van der Waals surface area contributed by atoms with Crippen molar-refractivity contribution in [3.05, 3.63) is 59.9 Å². The van der Waals surface area contributed by atoms with Crippen molar-refractivity contribution in [3.63, 3.8) is 0 Å². The Hall–Kier alpha value is -4.48. The van der Waals surface area contributed by atoms with Crippen LogP contribution in [0.1, 0.15) is 84.9 Å². The van der Waals surface area contributed by atoms with E-state index in [9.17, 15) is 19.2 Å². The predicted octanol–water partition coefficient (Wildman–Crippen LogP) is 5.19. The number of carboxylic acid groups (broad SMARTS) is 4. The van der Waals surface area contributed by atoms with Gasteiger partial charge < -0.3 is 29.9 Å². The number of aliphatic carboxylic acids is 2. The number of carbonyl (C=O) groups is 4. The maximum atomic E-state index is 10.6. The molecule has 4 rings (SSSR count). The Labute approximate surface area is 244 Å². The third kappa shape index (κ3) is 14.2. The number of aromatic nitrogens is 2. The lowest BCUT2D eigenvalue weighted by molar-refractivity contribution is -0.134. The molecule has 4 N–H and O–H groups in total. The minimum absolute atomic E-state index is 0.190. The first-order chi connectivity index (χ1) is 20.1. The van der Waals surface area contributed by atoms with Crippen molar-refractivity contribution in [1.82, 2.24) is 9.97 Å². The summed E-state index contributed by atoms with van der Waals surface area (Å²) in [7, 11) is 0. The van der Waals surface area contributed by atoms with Gasteiger partial charge >= 0.3 is 23.9 Å². The van der Waals surface area contributed by atoms with Gasteiger partial charge in [-0.3, -0.25) is 0 Å². The molecule has 0 saturated heterocycles. The van der Waals surface area contributed by atoms with Gasteiger partial charge in [-0.2, -0.15) is 0 Å².